The first-order chi connectivity index (χ1) is 46.3. The minimum atomic E-state index is -0.462. The monoisotopic (exact) mass is 1380 g/mol. The van der Waals surface area contributed by atoms with E-state index in [2.05, 4.69) is 54.3 Å². The first-order valence-electron chi connectivity index (χ1n) is 38.9. The number of ketones is 3. The van der Waals surface area contributed by atoms with Crippen molar-refractivity contribution in [1.82, 2.24) is 29.3 Å². The fourth-order valence-corrected chi connectivity index (χ4v) is 26.1. The van der Waals surface area contributed by atoms with Gasteiger partial charge in [0.05, 0.1) is 58.6 Å². The van der Waals surface area contributed by atoms with Crippen molar-refractivity contribution in [2.75, 3.05) is 13.2 Å². The molecule has 100 heavy (non-hydrogen) atoms. The molecular weight excluding hydrogens is 1250 g/mol. The third-order valence-corrected chi connectivity index (χ3v) is 30.8. The smallest absolute Gasteiger partial charge is 0.160 e. The number of aliphatic hydroxyl groups is 3. The first kappa shape index (κ1) is 77.6. The Labute approximate surface area is 601 Å². The van der Waals surface area contributed by atoms with Crippen molar-refractivity contribution in [1.29, 1.82) is 15.8 Å². The number of fused-ring (bicyclic) bond motifs is 15. The number of aromatic nitrogens is 6. The van der Waals surface area contributed by atoms with E-state index in [9.17, 15) is 29.7 Å². The molecule has 12 aliphatic carbocycles. The SMILES string of the molecule is C.C.C.C1CCOC1.C[C@@H](C(=O)[C@H]1CC[C@H]2[C@@H]3CC[C@@H]4C[C@](C)(O)CC[C@@H]4[C@H]3CC[C@]12C)n1cc(C#N)cn1.C[C@@]1(O)CC[C@H]2[C@H](CC[C@@H]3[C@@H]2CC[C@]2(C)[C@@H](C(=O)Cn4cc(C#N)cn4)CC[C@@H]32)C1.C[C@H](C(=O)[C@H]1CC[C@H]2[C@@H]3CC[C@@H]4C[C@](C)(O)CC[C@@H]4[C@H]3CC[C@]12C)n1cc(C#N)cn1. The first-order valence-corrected chi connectivity index (χ1v) is 38.9. The standard InChI is InChI=1S/2C26H37N3O2.C25H35N3O2.C4H8O.3CH4/c2*1-16(29-15-17(13-27)14-28-29)24(30)23-7-6-22-21-5-4-18-12-25(2,31)10-8-19(18)20(21)9-11-26(22,23)3;1-24(30)9-7-18-17(11-24)3-4-20-19(18)8-10-25(2)21(20)5-6-22(25)23(29)15-28-14-16(12-26)13-27-28;1-2-4-5-3-1;;;/h2*14-16,18-23,31H,4-12H2,1-3H3;13-14,17-22,30H,3-11,15H2,1-2H3;1-4H2;3*1H4/t16-,18+,19-,20+,21+,22-,23+,25+,26-;16-,18-,19+,20-,21-,22+,23-,25-,26+;17-,18+,19-,20-,21+,22-,24-,25+;;;;/m011..../s1. The quantitative estimate of drug-likeness (QED) is 0.181. The summed E-state index contributed by atoms with van der Waals surface area (Å²) >= 11 is 0. The van der Waals surface area contributed by atoms with Gasteiger partial charge >= 0.3 is 0 Å². The number of nitriles is 3. The highest BCUT2D eigenvalue weighted by atomic mass is 16.5. The highest BCUT2D eigenvalue weighted by molar-refractivity contribution is 5.86. The zero-order chi connectivity index (χ0) is 68.6. The minimum absolute atomic E-state index is 0. The van der Waals surface area contributed by atoms with Gasteiger partial charge in [-0.05, 0) is 326 Å². The molecule has 3 aromatic rings. The molecule has 0 unspecified atom stereocenters. The molecule has 0 amide bonds. The van der Waals surface area contributed by atoms with Gasteiger partial charge in [0.2, 0.25) is 0 Å². The van der Waals surface area contributed by atoms with Crippen LogP contribution in [-0.2, 0) is 25.7 Å². The number of carbonyl (C=O) groups excluding carboxylic acids is 3. The van der Waals surface area contributed by atoms with Crippen LogP contribution >= 0.6 is 0 Å². The largest absolute Gasteiger partial charge is 0.390 e. The van der Waals surface area contributed by atoms with Crippen LogP contribution in [0.4, 0.5) is 0 Å². The van der Waals surface area contributed by atoms with Gasteiger partial charge in [-0.15, -0.1) is 0 Å². The highest BCUT2D eigenvalue weighted by Crippen LogP contribution is 2.68. The van der Waals surface area contributed by atoms with Crippen molar-refractivity contribution in [2.24, 2.45) is 123 Å². The summed E-state index contributed by atoms with van der Waals surface area (Å²) in [5.41, 5.74) is 0.484. The fraction of sp³-hybridized carbons (Fsp3) is 0.821. The average Bonchev–Trinajstić information content (AvgIpc) is 1.45. The predicted molar refractivity (Wildman–Crippen MR) is 389 cm³/mol. The second-order valence-electron chi connectivity index (χ2n) is 36.2. The molecular formula is C84H129N9O7. The van der Waals surface area contributed by atoms with E-state index in [0.717, 1.165) is 144 Å². The molecule has 12 saturated carbocycles. The summed E-state index contributed by atoms with van der Waals surface area (Å²) in [5, 5.41) is 71.7. The third-order valence-electron chi connectivity index (χ3n) is 30.8. The van der Waals surface area contributed by atoms with Gasteiger partial charge in [-0.2, -0.15) is 31.1 Å². The van der Waals surface area contributed by atoms with Crippen LogP contribution in [0.3, 0.4) is 0 Å². The second-order valence-corrected chi connectivity index (χ2v) is 36.2. The topological polar surface area (TPSA) is 246 Å². The molecule has 16 nitrogen and oxygen atoms in total. The van der Waals surface area contributed by atoms with Crippen LogP contribution in [0.25, 0.3) is 0 Å². The Morgan fingerprint density at radius 3 is 1.11 bits per heavy atom. The van der Waals surface area contributed by atoms with Crippen LogP contribution in [0.15, 0.2) is 37.2 Å². The summed E-state index contributed by atoms with van der Waals surface area (Å²) in [5.74, 6) is 12.3. The predicted octanol–water partition coefficient (Wildman–Crippen LogP) is 16.9. The highest BCUT2D eigenvalue weighted by Gasteiger charge is 2.63. The molecule has 0 radical (unpaired) electrons. The van der Waals surface area contributed by atoms with Gasteiger partial charge in [0.25, 0.3) is 0 Å². The molecule has 26 atom stereocenters. The van der Waals surface area contributed by atoms with Gasteiger partial charge in [0.1, 0.15) is 30.3 Å². The lowest BCUT2D eigenvalue weighted by atomic mass is 9.49. The van der Waals surface area contributed by atoms with Crippen molar-refractivity contribution in [3.63, 3.8) is 0 Å². The Morgan fingerprint density at radius 1 is 0.450 bits per heavy atom. The molecule has 552 valence electrons. The maximum Gasteiger partial charge on any atom is 0.160 e. The van der Waals surface area contributed by atoms with Gasteiger partial charge in [-0.25, -0.2) is 0 Å². The number of rotatable bonds is 9. The lowest BCUT2D eigenvalue weighted by Gasteiger charge is -2.57. The molecule has 13 fully saturated rings. The summed E-state index contributed by atoms with van der Waals surface area (Å²) in [7, 11) is 0. The van der Waals surface area contributed by atoms with E-state index in [4.69, 9.17) is 20.5 Å². The number of carbonyl (C=O) groups is 3. The molecule has 16 heteroatoms. The van der Waals surface area contributed by atoms with E-state index < -0.39 is 16.8 Å². The normalized spacial score (nSPS) is 42.7. The maximum absolute atomic E-state index is 13.6. The lowest BCUT2D eigenvalue weighted by molar-refractivity contribution is -0.135. The van der Waals surface area contributed by atoms with Crippen LogP contribution < -0.4 is 0 Å². The Bertz CT molecular complexity index is 3290. The van der Waals surface area contributed by atoms with E-state index in [0.29, 0.717) is 76.1 Å². The molecule has 13 aliphatic rings. The third kappa shape index (κ3) is 14.9. The van der Waals surface area contributed by atoms with E-state index >= 15 is 0 Å². The van der Waals surface area contributed by atoms with E-state index in [1.807, 2.05) is 34.6 Å². The van der Waals surface area contributed by atoms with Gasteiger partial charge in [0.15, 0.2) is 17.3 Å². The van der Waals surface area contributed by atoms with Crippen molar-refractivity contribution >= 4 is 17.3 Å². The van der Waals surface area contributed by atoms with Gasteiger partial charge in [-0.1, -0.05) is 43.1 Å². The van der Waals surface area contributed by atoms with Crippen LogP contribution in [0, 0.1) is 157 Å². The van der Waals surface area contributed by atoms with Gasteiger partial charge < -0.3 is 20.1 Å². The molecule has 16 rings (SSSR count). The molecule has 3 N–H and O–H groups in total. The number of Topliss-reactive ketones (excluding diaryl/α,β-unsaturated/α-hetero) is 3. The summed E-state index contributed by atoms with van der Waals surface area (Å²) in [6.07, 6.45) is 43.1. The van der Waals surface area contributed by atoms with E-state index in [-0.39, 0.29) is 68.4 Å². The Kier molecular flexibility index (Phi) is 23.7. The zero-order valence-corrected chi connectivity index (χ0v) is 60.1. The summed E-state index contributed by atoms with van der Waals surface area (Å²) < 4.78 is 9.95. The minimum Gasteiger partial charge on any atom is -0.390 e. The van der Waals surface area contributed by atoms with Crippen LogP contribution in [-0.4, -0.2) is 92.0 Å². The summed E-state index contributed by atoms with van der Waals surface area (Å²) in [4.78, 5) is 40.4. The van der Waals surface area contributed by atoms with Crippen molar-refractivity contribution in [2.45, 2.75) is 299 Å². The molecule has 0 spiro atoms. The average molecular weight is 1380 g/mol. The number of nitrogens with zero attached hydrogens (tertiary/aromatic N) is 9. The van der Waals surface area contributed by atoms with Crippen LogP contribution in [0.5, 0.6) is 0 Å². The van der Waals surface area contributed by atoms with Crippen molar-refractivity contribution in [3.8, 4) is 18.2 Å². The Hall–Kier alpha value is -5.05. The molecule has 0 bridgehead atoms. The number of hydrogen-bond acceptors (Lipinski definition) is 13. The zero-order valence-electron chi connectivity index (χ0n) is 60.1. The van der Waals surface area contributed by atoms with Crippen LogP contribution in [0.2, 0.25) is 0 Å². The molecule has 3 aromatic heterocycles. The lowest BCUT2D eigenvalue weighted by Crippen LogP contribution is -2.51. The molecule has 4 heterocycles. The number of hydrogen-bond donors (Lipinski definition) is 3. The molecule has 0 aromatic carbocycles. The molecule has 1 saturated heterocycles. The van der Waals surface area contributed by atoms with E-state index in [1.54, 1.807) is 45.0 Å². The van der Waals surface area contributed by atoms with Crippen molar-refractivity contribution in [3.05, 3.63) is 53.9 Å². The maximum atomic E-state index is 13.6. The van der Waals surface area contributed by atoms with Crippen LogP contribution in [0.1, 0.15) is 293 Å². The Balaban J connectivity index is 0.000000154. The fourth-order valence-electron chi connectivity index (χ4n) is 26.1. The van der Waals surface area contributed by atoms with E-state index in [1.165, 1.54) is 115 Å². The van der Waals surface area contributed by atoms with Crippen molar-refractivity contribution < 1.29 is 34.4 Å². The number of ether oxygens (including phenoxy) is 1. The summed E-state index contributed by atoms with van der Waals surface area (Å²) in [6, 6.07) is 5.70. The molecule has 1 aliphatic heterocycles. The Morgan fingerprint density at radius 2 is 0.780 bits per heavy atom. The summed E-state index contributed by atoms with van der Waals surface area (Å²) in [6.45, 7) is 19.5. The second kappa shape index (κ2) is 30.6. The van der Waals surface area contributed by atoms with Gasteiger partial charge in [0, 0.05) is 49.6 Å². The van der Waals surface area contributed by atoms with Gasteiger partial charge in [-0.3, -0.25) is 28.4 Å².